The highest BCUT2D eigenvalue weighted by molar-refractivity contribution is 7.20. The second-order valence-electron chi connectivity index (χ2n) is 5.66. The van der Waals surface area contributed by atoms with Gasteiger partial charge in [0, 0.05) is 24.2 Å². The first-order valence-electron chi connectivity index (χ1n) is 7.33. The Hall–Kier alpha value is -1.46. The van der Waals surface area contributed by atoms with E-state index < -0.39 is 0 Å². The highest BCUT2D eigenvalue weighted by atomic mass is 32.1. The smallest absolute Gasteiger partial charge is 0.261 e. The molecule has 0 saturated carbocycles. The Morgan fingerprint density at radius 3 is 3.00 bits per heavy atom. The van der Waals surface area contributed by atoms with Crippen LogP contribution in [0.25, 0.3) is 10.2 Å². The normalized spacial score (nSPS) is 18.3. The van der Waals surface area contributed by atoms with Crippen molar-refractivity contribution < 1.29 is 9.53 Å². The summed E-state index contributed by atoms with van der Waals surface area (Å²) in [6.45, 7) is 7.47. The molecule has 0 spiro atoms. The van der Waals surface area contributed by atoms with Gasteiger partial charge in [0.2, 0.25) is 0 Å². The van der Waals surface area contributed by atoms with Crippen LogP contribution >= 0.6 is 11.3 Å². The molecule has 1 saturated heterocycles. The van der Waals surface area contributed by atoms with Gasteiger partial charge in [-0.15, -0.1) is 11.3 Å². The highest BCUT2D eigenvalue weighted by Gasteiger charge is 2.20. The van der Waals surface area contributed by atoms with Crippen molar-refractivity contribution >= 4 is 27.5 Å². The predicted molar refractivity (Wildman–Crippen MR) is 85.1 cm³/mol. The molecule has 1 aliphatic rings. The van der Waals surface area contributed by atoms with E-state index in [1.54, 1.807) is 0 Å². The summed E-state index contributed by atoms with van der Waals surface area (Å²) in [4.78, 5) is 18.7. The molecule has 0 aliphatic carbocycles. The summed E-state index contributed by atoms with van der Waals surface area (Å²) in [5.74, 6) is -0.0111. The quantitative estimate of drug-likeness (QED) is 0.948. The predicted octanol–water partition coefficient (Wildman–Crippen LogP) is 3.13. The van der Waals surface area contributed by atoms with E-state index >= 15 is 0 Å². The third-order valence-electron chi connectivity index (χ3n) is 3.95. The number of thiophene rings is 1. The van der Waals surface area contributed by atoms with Crippen LogP contribution in [-0.2, 0) is 4.74 Å². The lowest BCUT2D eigenvalue weighted by atomic mass is 10.1. The first-order chi connectivity index (χ1) is 10.1. The monoisotopic (exact) mass is 304 g/mol. The molecule has 2 aromatic rings. The van der Waals surface area contributed by atoms with Crippen LogP contribution in [0.4, 0.5) is 0 Å². The number of fused-ring (bicyclic) bond motifs is 1. The van der Waals surface area contributed by atoms with Crippen LogP contribution in [0.2, 0.25) is 0 Å². The fraction of sp³-hybridized carbons (Fsp3) is 0.500. The molecular weight excluding hydrogens is 284 g/mol. The van der Waals surface area contributed by atoms with E-state index in [9.17, 15) is 4.79 Å². The van der Waals surface area contributed by atoms with Crippen molar-refractivity contribution in [1.82, 2.24) is 10.3 Å². The van der Waals surface area contributed by atoms with Gasteiger partial charge in [0.15, 0.2) is 0 Å². The number of hydrogen-bond acceptors (Lipinski definition) is 4. The van der Waals surface area contributed by atoms with E-state index in [2.05, 4.69) is 23.3 Å². The van der Waals surface area contributed by atoms with Gasteiger partial charge in [-0.3, -0.25) is 4.79 Å². The summed E-state index contributed by atoms with van der Waals surface area (Å²) in [5.41, 5.74) is 3.21. The number of nitrogens with one attached hydrogen (secondary N) is 1. The summed E-state index contributed by atoms with van der Waals surface area (Å²) in [5, 5.41) is 4.11. The van der Waals surface area contributed by atoms with Crippen molar-refractivity contribution in [3.63, 3.8) is 0 Å². The number of carbonyl (C=O) groups excluding carboxylic acids is 1. The minimum absolute atomic E-state index is 0.0111. The van der Waals surface area contributed by atoms with Crippen LogP contribution in [0.5, 0.6) is 0 Å². The van der Waals surface area contributed by atoms with Crippen molar-refractivity contribution in [2.45, 2.75) is 39.7 Å². The first kappa shape index (κ1) is 14.5. The third-order valence-corrected chi connectivity index (χ3v) is 5.13. The summed E-state index contributed by atoms with van der Waals surface area (Å²) in [6.07, 6.45) is 2.29. The van der Waals surface area contributed by atoms with E-state index in [0.29, 0.717) is 6.54 Å². The third kappa shape index (κ3) is 2.80. The zero-order valence-electron chi connectivity index (χ0n) is 12.7. The van der Waals surface area contributed by atoms with Crippen molar-refractivity contribution in [2.24, 2.45) is 0 Å². The largest absolute Gasteiger partial charge is 0.376 e. The molecule has 1 N–H and O–H groups in total. The number of carbonyl (C=O) groups is 1. The molecule has 0 aromatic carbocycles. The standard InChI is InChI=1S/C16H20N2O2S/c1-9-7-10(2)18-16-13(9)11(3)14(21-16)15(19)17-8-12-5-4-6-20-12/h7,12H,4-6,8H2,1-3H3,(H,17,19). The topological polar surface area (TPSA) is 51.2 Å². The zero-order valence-corrected chi connectivity index (χ0v) is 13.5. The van der Waals surface area contributed by atoms with Crippen LogP contribution in [0.3, 0.4) is 0 Å². The van der Waals surface area contributed by atoms with Gasteiger partial charge in [0.1, 0.15) is 4.83 Å². The Labute approximate surface area is 128 Å². The lowest BCUT2D eigenvalue weighted by Crippen LogP contribution is -2.31. The highest BCUT2D eigenvalue weighted by Crippen LogP contribution is 2.32. The molecular formula is C16H20N2O2S. The van der Waals surface area contributed by atoms with Crippen LogP contribution in [-0.4, -0.2) is 30.1 Å². The number of ether oxygens (including phenoxy) is 1. The van der Waals surface area contributed by atoms with Gasteiger partial charge in [-0.2, -0.15) is 0 Å². The molecule has 2 aromatic heterocycles. The number of nitrogens with zero attached hydrogens (tertiary/aromatic N) is 1. The first-order valence-corrected chi connectivity index (χ1v) is 8.15. The van der Waals surface area contributed by atoms with E-state index in [4.69, 9.17) is 4.74 Å². The van der Waals surface area contributed by atoms with Gasteiger partial charge in [-0.1, -0.05) is 0 Å². The molecule has 21 heavy (non-hydrogen) atoms. The van der Waals surface area contributed by atoms with Crippen LogP contribution in [0, 0.1) is 20.8 Å². The molecule has 5 heteroatoms. The molecule has 1 atom stereocenters. The van der Waals surface area contributed by atoms with Crippen LogP contribution in [0.15, 0.2) is 6.07 Å². The van der Waals surface area contributed by atoms with Crippen LogP contribution < -0.4 is 5.32 Å². The Kier molecular flexibility index (Phi) is 3.95. The average molecular weight is 304 g/mol. The van der Waals surface area contributed by atoms with Gasteiger partial charge in [-0.05, 0) is 50.8 Å². The van der Waals surface area contributed by atoms with Gasteiger partial charge in [0.25, 0.3) is 5.91 Å². The molecule has 3 rings (SSSR count). The Morgan fingerprint density at radius 2 is 2.29 bits per heavy atom. The molecule has 1 amide bonds. The van der Waals surface area contributed by atoms with Gasteiger partial charge >= 0.3 is 0 Å². The molecule has 4 nitrogen and oxygen atoms in total. The number of hydrogen-bond donors (Lipinski definition) is 1. The lowest BCUT2D eigenvalue weighted by Gasteiger charge is -2.10. The summed E-state index contributed by atoms with van der Waals surface area (Å²) in [6, 6.07) is 2.07. The maximum Gasteiger partial charge on any atom is 0.261 e. The van der Waals surface area contributed by atoms with E-state index in [-0.39, 0.29) is 12.0 Å². The van der Waals surface area contributed by atoms with E-state index in [0.717, 1.165) is 45.8 Å². The number of amides is 1. The number of pyridine rings is 1. The maximum absolute atomic E-state index is 12.4. The van der Waals surface area contributed by atoms with Crippen molar-refractivity contribution in [1.29, 1.82) is 0 Å². The number of aromatic nitrogens is 1. The van der Waals surface area contributed by atoms with Crippen molar-refractivity contribution in [3.8, 4) is 0 Å². The maximum atomic E-state index is 12.4. The van der Waals surface area contributed by atoms with Crippen LogP contribution in [0.1, 0.15) is 39.3 Å². The Morgan fingerprint density at radius 1 is 1.48 bits per heavy atom. The summed E-state index contributed by atoms with van der Waals surface area (Å²) >= 11 is 1.48. The van der Waals surface area contributed by atoms with Crippen molar-refractivity contribution in [3.05, 3.63) is 27.8 Å². The molecule has 1 aliphatic heterocycles. The lowest BCUT2D eigenvalue weighted by molar-refractivity contribution is 0.0860. The minimum Gasteiger partial charge on any atom is -0.376 e. The zero-order chi connectivity index (χ0) is 15.0. The van der Waals surface area contributed by atoms with Gasteiger partial charge < -0.3 is 10.1 Å². The van der Waals surface area contributed by atoms with E-state index in [1.165, 1.54) is 16.9 Å². The Balaban J connectivity index is 1.84. The summed E-state index contributed by atoms with van der Waals surface area (Å²) in [7, 11) is 0. The second kappa shape index (κ2) is 5.73. The Bertz CT molecular complexity index is 687. The second-order valence-corrected chi connectivity index (χ2v) is 6.66. The average Bonchev–Trinajstić information content (AvgIpc) is 3.04. The van der Waals surface area contributed by atoms with Crippen molar-refractivity contribution in [2.75, 3.05) is 13.2 Å². The molecule has 0 radical (unpaired) electrons. The SMILES string of the molecule is Cc1cc(C)c2c(C)c(C(=O)NCC3CCCO3)sc2n1. The molecule has 1 unspecified atom stereocenters. The summed E-state index contributed by atoms with van der Waals surface area (Å²) < 4.78 is 5.54. The fourth-order valence-corrected chi connectivity index (χ4v) is 4.15. The molecule has 0 bridgehead atoms. The number of rotatable bonds is 3. The molecule has 112 valence electrons. The van der Waals surface area contributed by atoms with Gasteiger partial charge in [0.05, 0.1) is 11.0 Å². The minimum atomic E-state index is -0.0111. The van der Waals surface area contributed by atoms with Gasteiger partial charge in [-0.25, -0.2) is 4.98 Å². The van der Waals surface area contributed by atoms with E-state index in [1.807, 2.05) is 13.8 Å². The fourth-order valence-electron chi connectivity index (χ4n) is 2.93. The number of aryl methyl sites for hydroxylation is 3. The molecule has 3 heterocycles. The molecule has 1 fully saturated rings.